The van der Waals surface area contributed by atoms with Crippen LogP contribution in [0.3, 0.4) is 0 Å². The van der Waals surface area contributed by atoms with Gasteiger partial charge in [0.2, 0.25) is 11.8 Å². The molecule has 3 N–H and O–H groups in total. The largest absolute Gasteiger partial charge is 0.573 e. The van der Waals surface area contributed by atoms with Gasteiger partial charge in [-0.25, -0.2) is 0 Å². The van der Waals surface area contributed by atoms with E-state index in [2.05, 4.69) is 10.1 Å². The molecule has 0 aliphatic carbocycles. The van der Waals surface area contributed by atoms with E-state index >= 15 is 0 Å². The van der Waals surface area contributed by atoms with Crippen molar-refractivity contribution in [3.63, 3.8) is 0 Å². The summed E-state index contributed by atoms with van der Waals surface area (Å²) in [6.45, 7) is 0.0222. The second kappa shape index (κ2) is 6.57. The van der Waals surface area contributed by atoms with Crippen molar-refractivity contribution in [3.05, 3.63) is 29.8 Å². The molecular weight excluding hydrogens is 359 g/mol. The Morgan fingerprint density at radius 3 is 2.46 bits per heavy atom. The van der Waals surface area contributed by atoms with Crippen LogP contribution in [-0.2, 0) is 19.2 Å². The van der Waals surface area contributed by atoms with Gasteiger partial charge in [-0.1, -0.05) is 12.1 Å². The standard InChI is InChI=1S/C15H14F3N3O5/c16-15(17,18)25-8-3-1-7(2-4-8)11-10-12(14(24)20-13(10)23)26-21(11)6-5-9(19)22/h1-4,10-12H,5-6H2,(H2,19,22)(H,20,23,24). The quantitative estimate of drug-likeness (QED) is 0.723. The Labute approximate surface area is 145 Å². The number of carbonyl (C=O) groups excluding carboxylic acids is 3. The predicted octanol–water partition coefficient (Wildman–Crippen LogP) is 0.390. The fourth-order valence-electron chi connectivity index (χ4n) is 3.04. The fourth-order valence-corrected chi connectivity index (χ4v) is 3.04. The maximum absolute atomic E-state index is 12.3. The molecule has 2 aliphatic heterocycles. The number of hydroxylamine groups is 2. The highest BCUT2D eigenvalue weighted by Gasteiger charge is 2.56. The summed E-state index contributed by atoms with van der Waals surface area (Å²) in [4.78, 5) is 40.4. The van der Waals surface area contributed by atoms with Crippen molar-refractivity contribution in [3.8, 4) is 5.75 Å². The van der Waals surface area contributed by atoms with Gasteiger partial charge in [-0.2, -0.15) is 5.06 Å². The van der Waals surface area contributed by atoms with Crippen LogP contribution in [0.1, 0.15) is 18.0 Å². The van der Waals surface area contributed by atoms with Gasteiger partial charge in [-0.3, -0.25) is 24.5 Å². The Morgan fingerprint density at radius 1 is 1.23 bits per heavy atom. The summed E-state index contributed by atoms with van der Waals surface area (Å²) in [5, 5.41) is 3.44. The van der Waals surface area contributed by atoms with E-state index in [0.717, 1.165) is 12.1 Å². The molecule has 3 atom stereocenters. The van der Waals surface area contributed by atoms with E-state index in [4.69, 9.17) is 10.6 Å². The van der Waals surface area contributed by atoms with Crippen LogP contribution < -0.4 is 15.8 Å². The van der Waals surface area contributed by atoms with E-state index in [-0.39, 0.29) is 13.0 Å². The van der Waals surface area contributed by atoms with Crippen molar-refractivity contribution in [1.82, 2.24) is 10.4 Å². The SMILES string of the molecule is NC(=O)CCN1OC2C(=O)NC(=O)C2C1c1ccc(OC(F)(F)F)cc1. The minimum atomic E-state index is -4.83. The summed E-state index contributed by atoms with van der Waals surface area (Å²) in [6, 6.07) is 4.11. The maximum Gasteiger partial charge on any atom is 0.573 e. The number of hydrogen-bond donors (Lipinski definition) is 2. The molecule has 2 heterocycles. The Kier molecular flexibility index (Phi) is 4.59. The zero-order valence-electron chi connectivity index (χ0n) is 13.2. The van der Waals surface area contributed by atoms with Crippen LogP contribution in [0.5, 0.6) is 5.75 Å². The minimum absolute atomic E-state index is 0.0222. The summed E-state index contributed by atoms with van der Waals surface area (Å²) < 4.78 is 40.6. The maximum atomic E-state index is 12.3. The summed E-state index contributed by atoms with van der Waals surface area (Å²) in [6.07, 6.45) is -5.97. The molecule has 0 spiro atoms. The highest BCUT2D eigenvalue weighted by Crippen LogP contribution is 2.42. The van der Waals surface area contributed by atoms with Crippen LogP contribution in [0.4, 0.5) is 13.2 Å². The van der Waals surface area contributed by atoms with E-state index in [9.17, 15) is 27.6 Å². The van der Waals surface area contributed by atoms with Gasteiger partial charge in [0.05, 0.1) is 12.0 Å². The molecule has 2 fully saturated rings. The third-order valence-electron chi connectivity index (χ3n) is 4.07. The number of alkyl halides is 3. The third kappa shape index (κ3) is 3.63. The van der Waals surface area contributed by atoms with Gasteiger partial charge in [-0.15, -0.1) is 13.2 Å². The number of hydrogen-bond acceptors (Lipinski definition) is 6. The summed E-state index contributed by atoms with van der Waals surface area (Å²) in [5.41, 5.74) is 5.55. The molecule has 0 radical (unpaired) electrons. The molecule has 26 heavy (non-hydrogen) atoms. The van der Waals surface area contributed by atoms with Crippen molar-refractivity contribution < 1.29 is 37.1 Å². The lowest BCUT2D eigenvalue weighted by atomic mass is 9.91. The van der Waals surface area contributed by atoms with Gasteiger partial charge in [0.15, 0.2) is 6.10 Å². The smallest absolute Gasteiger partial charge is 0.406 e. The van der Waals surface area contributed by atoms with Crippen molar-refractivity contribution in [2.24, 2.45) is 11.7 Å². The van der Waals surface area contributed by atoms with Gasteiger partial charge in [0, 0.05) is 13.0 Å². The molecule has 3 unspecified atom stereocenters. The molecule has 8 nitrogen and oxygen atoms in total. The molecule has 0 bridgehead atoms. The molecular formula is C15H14F3N3O5. The van der Waals surface area contributed by atoms with Gasteiger partial charge in [-0.05, 0) is 17.7 Å². The van der Waals surface area contributed by atoms with Gasteiger partial charge < -0.3 is 10.5 Å². The lowest BCUT2D eigenvalue weighted by Gasteiger charge is -2.25. The summed E-state index contributed by atoms with van der Waals surface area (Å²) >= 11 is 0. The summed E-state index contributed by atoms with van der Waals surface area (Å²) in [5.74, 6) is -3.07. The topological polar surface area (TPSA) is 111 Å². The second-order valence-corrected chi connectivity index (χ2v) is 5.82. The van der Waals surface area contributed by atoms with Crippen LogP contribution in [0, 0.1) is 5.92 Å². The van der Waals surface area contributed by atoms with Gasteiger partial charge in [0.1, 0.15) is 5.75 Å². The van der Waals surface area contributed by atoms with Crippen molar-refractivity contribution in [1.29, 1.82) is 0 Å². The predicted molar refractivity (Wildman–Crippen MR) is 77.9 cm³/mol. The number of amides is 3. The molecule has 2 saturated heterocycles. The Hall–Kier alpha value is -2.66. The number of imide groups is 1. The number of halogens is 3. The monoisotopic (exact) mass is 373 g/mol. The Balaban J connectivity index is 1.86. The first-order valence-electron chi connectivity index (χ1n) is 7.58. The highest BCUT2D eigenvalue weighted by molar-refractivity contribution is 6.07. The number of fused-ring (bicyclic) bond motifs is 1. The number of nitrogens with two attached hydrogens (primary N) is 1. The van der Waals surface area contributed by atoms with E-state index in [1.54, 1.807) is 0 Å². The van der Waals surface area contributed by atoms with Gasteiger partial charge in [0.25, 0.3) is 5.91 Å². The second-order valence-electron chi connectivity index (χ2n) is 5.82. The van der Waals surface area contributed by atoms with Crippen LogP contribution in [0.25, 0.3) is 0 Å². The normalized spacial score (nSPS) is 25.9. The number of nitrogens with zero attached hydrogens (tertiary/aromatic N) is 1. The average molecular weight is 373 g/mol. The van der Waals surface area contributed by atoms with E-state index < -0.39 is 47.9 Å². The zero-order valence-corrected chi connectivity index (χ0v) is 13.2. The number of carbonyl (C=O) groups is 3. The van der Waals surface area contributed by atoms with Gasteiger partial charge >= 0.3 is 6.36 Å². The van der Waals surface area contributed by atoms with Crippen molar-refractivity contribution in [2.45, 2.75) is 24.9 Å². The third-order valence-corrected chi connectivity index (χ3v) is 4.07. The summed E-state index contributed by atoms with van der Waals surface area (Å²) in [7, 11) is 0. The average Bonchev–Trinajstić information content (AvgIpc) is 3.03. The number of ether oxygens (including phenoxy) is 1. The molecule has 2 aliphatic rings. The van der Waals surface area contributed by atoms with Crippen LogP contribution >= 0.6 is 0 Å². The number of nitrogens with one attached hydrogen (secondary N) is 1. The van der Waals surface area contributed by atoms with Crippen LogP contribution in [0.2, 0.25) is 0 Å². The van der Waals surface area contributed by atoms with E-state index in [1.165, 1.54) is 17.2 Å². The van der Waals surface area contributed by atoms with Crippen molar-refractivity contribution >= 4 is 17.7 Å². The first-order chi connectivity index (χ1) is 12.2. The molecule has 0 saturated carbocycles. The molecule has 1 aromatic carbocycles. The molecule has 140 valence electrons. The number of primary amides is 1. The van der Waals surface area contributed by atoms with Crippen LogP contribution in [0.15, 0.2) is 24.3 Å². The molecule has 11 heteroatoms. The number of rotatable bonds is 5. The molecule has 3 amide bonds. The lowest BCUT2D eigenvalue weighted by molar-refractivity contribution is -0.274. The lowest BCUT2D eigenvalue weighted by Crippen LogP contribution is -2.34. The first-order valence-corrected chi connectivity index (χ1v) is 7.58. The van der Waals surface area contributed by atoms with E-state index in [0.29, 0.717) is 5.56 Å². The Bertz CT molecular complexity index is 737. The molecule has 3 rings (SSSR count). The van der Waals surface area contributed by atoms with Crippen LogP contribution in [-0.4, -0.2) is 41.8 Å². The first kappa shape index (κ1) is 18.1. The number of benzene rings is 1. The molecule has 0 aromatic heterocycles. The zero-order chi connectivity index (χ0) is 19.1. The highest BCUT2D eigenvalue weighted by atomic mass is 19.4. The van der Waals surface area contributed by atoms with Crippen molar-refractivity contribution in [2.75, 3.05) is 6.54 Å². The van der Waals surface area contributed by atoms with E-state index in [1.807, 2.05) is 0 Å². The Morgan fingerprint density at radius 2 is 1.88 bits per heavy atom. The molecule has 1 aromatic rings. The fraction of sp³-hybridized carbons (Fsp3) is 0.400. The minimum Gasteiger partial charge on any atom is -0.406 e.